The van der Waals surface area contributed by atoms with Crippen LogP contribution in [0.25, 0.3) is 0 Å². The first-order valence-corrected chi connectivity index (χ1v) is 8.90. The van der Waals surface area contributed by atoms with Crippen LogP contribution in [-0.2, 0) is 11.8 Å². The Morgan fingerprint density at radius 1 is 1.19 bits per heavy atom. The summed E-state index contributed by atoms with van der Waals surface area (Å²) in [6.45, 7) is 6.93. The minimum absolute atomic E-state index is 0.195. The molecule has 1 amide bonds. The number of rotatable bonds is 3. The molecule has 0 radical (unpaired) electrons. The first-order chi connectivity index (χ1) is 12.3. The number of hydrogen-bond donors (Lipinski definition) is 0. The summed E-state index contributed by atoms with van der Waals surface area (Å²) in [5, 5.41) is 12.5. The van der Waals surface area contributed by atoms with Crippen LogP contribution in [0, 0.1) is 0 Å². The van der Waals surface area contributed by atoms with Gasteiger partial charge in [0, 0.05) is 24.8 Å². The Balaban J connectivity index is 1.73. The van der Waals surface area contributed by atoms with Crippen molar-refractivity contribution in [1.29, 1.82) is 0 Å². The number of ether oxygens (including phenoxy) is 1. The molecule has 0 saturated carbocycles. The Hall–Kier alpha value is -2.64. The van der Waals surface area contributed by atoms with Gasteiger partial charge in [0.25, 0.3) is 5.95 Å². The first kappa shape index (κ1) is 18.2. The summed E-state index contributed by atoms with van der Waals surface area (Å²) >= 11 is 0. The van der Waals surface area contributed by atoms with E-state index in [1.54, 1.807) is 11.9 Å². The average molecular weight is 358 g/mol. The van der Waals surface area contributed by atoms with Crippen molar-refractivity contribution >= 4 is 17.7 Å². The molecule has 8 heteroatoms. The van der Waals surface area contributed by atoms with E-state index in [4.69, 9.17) is 4.74 Å². The summed E-state index contributed by atoms with van der Waals surface area (Å²) < 4.78 is 5.48. The van der Waals surface area contributed by atoms with Gasteiger partial charge in [0.05, 0.1) is 7.05 Å². The molecule has 1 saturated heterocycles. The maximum absolute atomic E-state index is 12.3. The molecule has 1 aliphatic heterocycles. The van der Waals surface area contributed by atoms with Gasteiger partial charge in [-0.1, -0.05) is 23.3 Å². The Labute approximate surface area is 153 Å². The fourth-order valence-electron chi connectivity index (χ4n) is 3.08. The van der Waals surface area contributed by atoms with E-state index in [-0.39, 0.29) is 12.1 Å². The van der Waals surface area contributed by atoms with E-state index in [1.807, 2.05) is 51.1 Å². The third kappa shape index (κ3) is 4.30. The molecule has 2 heterocycles. The number of nitrogens with zero attached hydrogens (tertiary/aromatic N) is 6. The van der Waals surface area contributed by atoms with Gasteiger partial charge in [-0.15, -0.1) is 5.10 Å². The summed E-state index contributed by atoms with van der Waals surface area (Å²) in [6.07, 6.45) is 1.37. The molecule has 0 aliphatic carbocycles. The van der Waals surface area contributed by atoms with E-state index in [0.717, 1.165) is 18.5 Å². The smallest absolute Gasteiger partial charge is 0.410 e. The zero-order valence-electron chi connectivity index (χ0n) is 15.8. The zero-order chi connectivity index (χ0) is 18.7. The molecule has 0 unspecified atom stereocenters. The molecule has 0 bridgehead atoms. The van der Waals surface area contributed by atoms with Crippen molar-refractivity contribution in [3.05, 3.63) is 30.3 Å². The lowest BCUT2D eigenvalue weighted by molar-refractivity contribution is 0.0206. The fraction of sp³-hybridized carbons (Fsp3) is 0.556. The van der Waals surface area contributed by atoms with E-state index >= 15 is 0 Å². The molecule has 1 aromatic heterocycles. The summed E-state index contributed by atoms with van der Waals surface area (Å²) in [4.78, 5) is 17.6. The molecule has 140 valence electrons. The van der Waals surface area contributed by atoms with Crippen LogP contribution in [-0.4, -0.2) is 55.9 Å². The van der Waals surface area contributed by atoms with E-state index in [2.05, 4.69) is 20.3 Å². The van der Waals surface area contributed by atoms with Gasteiger partial charge in [-0.2, -0.15) is 4.80 Å². The third-order valence-electron chi connectivity index (χ3n) is 4.23. The topological polar surface area (TPSA) is 76.4 Å². The summed E-state index contributed by atoms with van der Waals surface area (Å²) in [7, 11) is 1.75. The molecule has 1 aliphatic rings. The first-order valence-electron chi connectivity index (χ1n) is 8.90. The number of tetrazole rings is 1. The lowest BCUT2D eigenvalue weighted by Crippen LogP contribution is -2.47. The predicted octanol–water partition coefficient (Wildman–Crippen LogP) is 2.75. The van der Waals surface area contributed by atoms with Crippen LogP contribution >= 0.6 is 0 Å². The van der Waals surface area contributed by atoms with Crippen LogP contribution in [0.3, 0.4) is 0 Å². The highest BCUT2D eigenvalue weighted by atomic mass is 16.6. The third-order valence-corrected chi connectivity index (χ3v) is 4.23. The minimum Gasteiger partial charge on any atom is -0.444 e. The Kier molecular flexibility index (Phi) is 5.11. The van der Waals surface area contributed by atoms with E-state index in [0.29, 0.717) is 19.0 Å². The van der Waals surface area contributed by atoms with Crippen LogP contribution in [0.15, 0.2) is 30.3 Å². The number of aryl methyl sites for hydroxylation is 1. The minimum atomic E-state index is -0.479. The van der Waals surface area contributed by atoms with Gasteiger partial charge < -0.3 is 14.5 Å². The van der Waals surface area contributed by atoms with Crippen LogP contribution in [0.1, 0.15) is 33.6 Å². The van der Waals surface area contributed by atoms with Gasteiger partial charge in [0.15, 0.2) is 0 Å². The summed E-state index contributed by atoms with van der Waals surface area (Å²) in [6, 6.07) is 10.2. The molecule has 8 nitrogen and oxygen atoms in total. The van der Waals surface area contributed by atoms with Crippen molar-refractivity contribution in [2.45, 2.75) is 45.3 Å². The van der Waals surface area contributed by atoms with Crippen molar-refractivity contribution in [2.75, 3.05) is 18.0 Å². The SMILES string of the molecule is Cn1nnc(N(c2ccccc2)C2CCN(C(=O)OC(C)(C)C)CC2)n1. The molecule has 1 fully saturated rings. The molecule has 3 rings (SSSR count). The Morgan fingerprint density at radius 2 is 1.85 bits per heavy atom. The Bertz CT molecular complexity index is 732. The van der Waals surface area contributed by atoms with E-state index in [1.165, 1.54) is 4.80 Å². The molecule has 0 spiro atoms. The number of hydrogen-bond acceptors (Lipinski definition) is 6. The van der Waals surface area contributed by atoms with E-state index in [9.17, 15) is 4.79 Å². The van der Waals surface area contributed by atoms with Crippen LogP contribution in [0.4, 0.5) is 16.4 Å². The van der Waals surface area contributed by atoms with Gasteiger partial charge in [-0.3, -0.25) is 0 Å². The van der Waals surface area contributed by atoms with Crippen LogP contribution in [0.5, 0.6) is 0 Å². The van der Waals surface area contributed by atoms with Crippen LogP contribution in [0.2, 0.25) is 0 Å². The number of benzene rings is 1. The summed E-state index contributed by atoms with van der Waals surface area (Å²) in [5.41, 5.74) is 0.546. The van der Waals surface area contributed by atoms with Gasteiger partial charge in [-0.25, -0.2) is 4.79 Å². The van der Waals surface area contributed by atoms with Crippen molar-refractivity contribution in [3.63, 3.8) is 0 Å². The highest BCUT2D eigenvalue weighted by Crippen LogP contribution is 2.29. The maximum Gasteiger partial charge on any atom is 0.410 e. The molecule has 0 atom stereocenters. The number of carbonyl (C=O) groups excluding carboxylic acids is 1. The quantitative estimate of drug-likeness (QED) is 0.840. The monoisotopic (exact) mass is 358 g/mol. The van der Waals surface area contributed by atoms with Crippen LogP contribution < -0.4 is 4.90 Å². The highest BCUT2D eigenvalue weighted by molar-refractivity contribution is 5.68. The van der Waals surface area contributed by atoms with Crippen molar-refractivity contribution in [2.24, 2.45) is 7.05 Å². The number of likely N-dealkylation sites (tertiary alicyclic amines) is 1. The number of aromatic nitrogens is 4. The van der Waals surface area contributed by atoms with E-state index < -0.39 is 5.60 Å². The second-order valence-electron chi connectivity index (χ2n) is 7.48. The van der Waals surface area contributed by atoms with Crippen molar-refractivity contribution in [3.8, 4) is 0 Å². The molecular formula is C18H26N6O2. The second kappa shape index (κ2) is 7.31. The summed E-state index contributed by atoms with van der Waals surface area (Å²) in [5.74, 6) is 0.578. The van der Waals surface area contributed by atoms with Gasteiger partial charge in [0.1, 0.15) is 5.60 Å². The van der Waals surface area contributed by atoms with Gasteiger partial charge in [0.2, 0.25) is 0 Å². The molecule has 0 N–H and O–H groups in total. The normalized spacial score (nSPS) is 15.8. The zero-order valence-corrected chi connectivity index (χ0v) is 15.8. The molecule has 2 aromatic rings. The number of para-hydroxylation sites is 1. The van der Waals surface area contributed by atoms with Crippen molar-refractivity contribution < 1.29 is 9.53 Å². The predicted molar refractivity (Wildman–Crippen MR) is 98.2 cm³/mol. The standard InChI is InChI=1S/C18H26N6O2/c1-18(2,3)26-17(25)23-12-10-15(11-13-23)24(14-8-6-5-7-9-14)16-19-21-22(4)20-16/h5-9,15H,10-13H2,1-4H3. The lowest BCUT2D eigenvalue weighted by atomic mass is 10.0. The number of piperidine rings is 1. The largest absolute Gasteiger partial charge is 0.444 e. The molecule has 26 heavy (non-hydrogen) atoms. The molecule has 1 aromatic carbocycles. The highest BCUT2D eigenvalue weighted by Gasteiger charge is 2.31. The lowest BCUT2D eigenvalue weighted by Gasteiger charge is -2.38. The molecular weight excluding hydrogens is 332 g/mol. The van der Waals surface area contributed by atoms with Gasteiger partial charge >= 0.3 is 6.09 Å². The number of amides is 1. The van der Waals surface area contributed by atoms with Crippen molar-refractivity contribution in [1.82, 2.24) is 25.1 Å². The Morgan fingerprint density at radius 3 is 2.38 bits per heavy atom. The number of anilines is 2. The average Bonchev–Trinajstić information content (AvgIpc) is 3.01. The maximum atomic E-state index is 12.3. The fourth-order valence-corrected chi connectivity index (χ4v) is 3.08. The second-order valence-corrected chi connectivity index (χ2v) is 7.48. The van der Waals surface area contributed by atoms with Gasteiger partial charge in [-0.05, 0) is 51.0 Å². The number of carbonyl (C=O) groups is 1.